The minimum absolute atomic E-state index is 0.0639. The van der Waals surface area contributed by atoms with Crippen LogP contribution in [0.4, 0.5) is 0 Å². The second kappa shape index (κ2) is 8.57. The first kappa shape index (κ1) is 22.3. The maximum absolute atomic E-state index is 12.4. The second-order valence-electron chi connectivity index (χ2n) is 10.1. The maximum atomic E-state index is 12.4. The molecule has 1 atom stereocenters. The van der Waals surface area contributed by atoms with E-state index in [2.05, 4.69) is 12.2 Å². The van der Waals surface area contributed by atoms with Gasteiger partial charge in [-0.2, -0.15) is 0 Å². The summed E-state index contributed by atoms with van der Waals surface area (Å²) in [5, 5.41) is 3.06. The lowest BCUT2D eigenvalue weighted by molar-refractivity contribution is -0.149. The molecule has 4 aliphatic carbocycles. The molecule has 5 rings (SSSR count). The molecule has 0 saturated heterocycles. The summed E-state index contributed by atoms with van der Waals surface area (Å²) in [7, 11) is -3.56. The zero-order valence-electron chi connectivity index (χ0n) is 18.4. The minimum Gasteiger partial charge on any atom is -0.456 e. The fourth-order valence-corrected chi connectivity index (χ4v) is 7.67. The van der Waals surface area contributed by atoms with Gasteiger partial charge in [-0.3, -0.25) is 9.59 Å². The molecule has 0 aliphatic heterocycles. The summed E-state index contributed by atoms with van der Waals surface area (Å²) in [6, 6.07) is 6.58. The highest BCUT2D eigenvalue weighted by Crippen LogP contribution is 2.61. The van der Waals surface area contributed by atoms with Crippen LogP contribution in [0.15, 0.2) is 29.2 Å². The number of hydrogen-bond donors (Lipinski definition) is 1. The van der Waals surface area contributed by atoms with Gasteiger partial charge >= 0.3 is 5.97 Å². The summed E-state index contributed by atoms with van der Waals surface area (Å²) in [6.45, 7) is 3.60. The molecule has 7 heteroatoms. The van der Waals surface area contributed by atoms with Crippen molar-refractivity contribution >= 4 is 21.7 Å². The highest BCUT2D eigenvalue weighted by Gasteiger charge is 2.53. The monoisotopic (exact) mass is 447 g/mol. The van der Waals surface area contributed by atoms with Gasteiger partial charge in [0.15, 0.2) is 16.4 Å². The van der Waals surface area contributed by atoms with Gasteiger partial charge in [-0.25, -0.2) is 8.42 Å². The molecule has 4 bridgehead atoms. The third-order valence-corrected chi connectivity index (χ3v) is 9.43. The van der Waals surface area contributed by atoms with E-state index in [-0.39, 0.29) is 41.0 Å². The van der Waals surface area contributed by atoms with E-state index in [0.717, 1.165) is 23.3 Å². The minimum atomic E-state index is -3.56. The molecule has 170 valence electrons. The molecular formula is C24H33NO5S. The predicted octanol–water partition coefficient (Wildman–Crippen LogP) is 3.42. The first-order chi connectivity index (χ1) is 14.6. The van der Waals surface area contributed by atoms with Gasteiger partial charge in [0.05, 0.1) is 17.1 Å². The maximum Gasteiger partial charge on any atom is 0.307 e. The largest absolute Gasteiger partial charge is 0.456 e. The van der Waals surface area contributed by atoms with Crippen LogP contribution < -0.4 is 5.32 Å². The third kappa shape index (κ3) is 4.97. The quantitative estimate of drug-likeness (QED) is 0.617. The third-order valence-electron chi connectivity index (χ3n) is 7.70. The number of esters is 1. The second-order valence-corrected chi connectivity index (χ2v) is 12.2. The number of carbonyl (C=O) groups excluding carboxylic acids is 2. The average molecular weight is 448 g/mol. The summed E-state index contributed by atoms with van der Waals surface area (Å²) < 4.78 is 29.8. The van der Waals surface area contributed by atoms with Crippen LogP contribution in [0.1, 0.15) is 57.4 Å². The van der Waals surface area contributed by atoms with Crippen LogP contribution in [-0.4, -0.2) is 38.7 Å². The van der Waals surface area contributed by atoms with E-state index in [9.17, 15) is 18.0 Å². The molecule has 1 unspecified atom stereocenters. The van der Waals surface area contributed by atoms with E-state index >= 15 is 0 Å². The average Bonchev–Trinajstić information content (AvgIpc) is 2.70. The fourth-order valence-electron chi connectivity index (χ4n) is 6.44. The van der Waals surface area contributed by atoms with E-state index in [1.807, 2.05) is 6.92 Å². The lowest BCUT2D eigenvalue weighted by Gasteiger charge is -2.59. The van der Waals surface area contributed by atoms with Crippen molar-refractivity contribution in [2.24, 2.45) is 23.2 Å². The molecule has 1 amide bonds. The predicted molar refractivity (Wildman–Crippen MR) is 117 cm³/mol. The summed E-state index contributed by atoms with van der Waals surface area (Å²) in [6.07, 6.45) is 7.36. The SMILES string of the molecule is Cc1ccc(S(=O)(=O)CCC(=O)OCC(=O)NC(C)C23CC4CC(CC(C4)C2)C3)cc1. The van der Waals surface area contributed by atoms with E-state index < -0.39 is 15.8 Å². The fraction of sp³-hybridized carbons (Fsp3) is 0.667. The lowest BCUT2D eigenvalue weighted by atomic mass is 9.48. The lowest BCUT2D eigenvalue weighted by Crippen LogP contribution is -2.56. The Morgan fingerprint density at radius 3 is 2.16 bits per heavy atom. The van der Waals surface area contributed by atoms with E-state index in [0.29, 0.717) is 0 Å². The van der Waals surface area contributed by atoms with Crippen LogP contribution >= 0.6 is 0 Å². The Morgan fingerprint density at radius 2 is 1.61 bits per heavy atom. The Hall–Kier alpha value is -1.89. The number of aryl methyl sites for hydroxylation is 1. The number of benzene rings is 1. The summed E-state index contributed by atoms with van der Waals surface area (Å²) in [5.74, 6) is 1.10. The van der Waals surface area contributed by atoms with Crippen LogP contribution in [0.3, 0.4) is 0 Å². The smallest absolute Gasteiger partial charge is 0.307 e. The molecule has 6 nitrogen and oxygen atoms in total. The van der Waals surface area contributed by atoms with Gasteiger partial charge < -0.3 is 10.1 Å². The Balaban J connectivity index is 1.22. The molecule has 1 aromatic rings. The molecular weight excluding hydrogens is 414 g/mol. The van der Waals surface area contributed by atoms with Crippen molar-refractivity contribution < 1.29 is 22.7 Å². The van der Waals surface area contributed by atoms with Crippen LogP contribution in [0.25, 0.3) is 0 Å². The number of nitrogens with one attached hydrogen (secondary N) is 1. The summed E-state index contributed by atoms with van der Waals surface area (Å²) in [5.41, 5.74) is 1.16. The topological polar surface area (TPSA) is 89.5 Å². The molecule has 4 fully saturated rings. The van der Waals surface area contributed by atoms with Crippen molar-refractivity contribution in [1.82, 2.24) is 5.32 Å². The highest BCUT2D eigenvalue weighted by molar-refractivity contribution is 7.91. The number of carbonyl (C=O) groups is 2. The van der Waals surface area contributed by atoms with Gasteiger partial charge in [0, 0.05) is 6.04 Å². The van der Waals surface area contributed by atoms with Crippen molar-refractivity contribution in [2.45, 2.75) is 69.7 Å². The van der Waals surface area contributed by atoms with E-state index in [1.54, 1.807) is 12.1 Å². The van der Waals surface area contributed by atoms with Gasteiger partial charge in [-0.15, -0.1) is 0 Å². The van der Waals surface area contributed by atoms with Crippen LogP contribution in [-0.2, 0) is 24.2 Å². The van der Waals surface area contributed by atoms with Crippen LogP contribution in [0.5, 0.6) is 0 Å². The van der Waals surface area contributed by atoms with Crippen LogP contribution in [0.2, 0.25) is 0 Å². The number of rotatable bonds is 8. The van der Waals surface area contributed by atoms with Crippen molar-refractivity contribution in [3.8, 4) is 0 Å². The first-order valence-electron chi connectivity index (χ1n) is 11.4. The van der Waals surface area contributed by atoms with Crippen molar-refractivity contribution in [3.63, 3.8) is 0 Å². The zero-order valence-corrected chi connectivity index (χ0v) is 19.2. The molecule has 0 radical (unpaired) electrons. The van der Waals surface area contributed by atoms with Gasteiger partial charge in [-0.05, 0) is 87.7 Å². The van der Waals surface area contributed by atoms with E-state index in [4.69, 9.17) is 4.74 Å². The molecule has 0 aromatic heterocycles. The van der Waals surface area contributed by atoms with Gasteiger partial charge in [0.2, 0.25) is 0 Å². The Morgan fingerprint density at radius 1 is 1.06 bits per heavy atom. The first-order valence-corrected chi connectivity index (χ1v) is 13.0. The molecule has 1 N–H and O–H groups in total. The van der Waals surface area contributed by atoms with Gasteiger partial charge in [-0.1, -0.05) is 17.7 Å². The number of ether oxygens (including phenoxy) is 1. The van der Waals surface area contributed by atoms with Crippen molar-refractivity contribution in [3.05, 3.63) is 29.8 Å². The van der Waals surface area contributed by atoms with Crippen LogP contribution in [0, 0.1) is 30.1 Å². The summed E-state index contributed by atoms with van der Waals surface area (Å²) >= 11 is 0. The number of hydrogen-bond acceptors (Lipinski definition) is 5. The highest BCUT2D eigenvalue weighted by atomic mass is 32.2. The molecule has 4 saturated carbocycles. The molecule has 4 aliphatic rings. The zero-order chi connectivity index (χ0) is 22.2. The normalized spacial score (nSPS) is 30.1. The van der Waals surface area contributed by atoms with Gasteiger partial charge in [0.25, 0.3) is 5.91 Å². The van der Waals surface area contributed by atoms with Crippen molar-refractivity contribution in [2.75, 3.05) is 12.4 Å². The molecule has 1 aromatic carbocycles. The molecule has 31 heavy (non-hydrogen) atoms. The van der Waals surface area contributed by atoms with Crippen molar-refractivity contribution in [1.29, 1.82) is 0 Å². The molecule has 0 spiro atoms. The standard InChI is InChI=1S/C24H33NO5S/c1-16-3-5-21(6-4-16)31(28,29)8-7-23(27)30-15-22(26)25-17(2)24-12-18-9-19(13-24)11-20(10-18)14-24/h3-6,17-20H,7-15H2,1-2H3,(H,25,26). The summed E-state index contributed by atoms with van der Waals surface area (Å²) in [4.78, 5) is 24.6. The Kier molecular flexibility index (Phi) is 6.16. The molecule has 0 heterocycles. The van der Waals surface area contributed by atoms with E-state index in [1.165, 1.54) is 50.7 Å². The number of sulfone groups is 1. The van der Waals surface area contributed by atoms with Gasteiger partial charge in [0.1, 0.15) is 0 Å². The number of amides is 1. The Bertz CT molecular complexity index is 902. The Labute approximate surface area is 185 Å².